The van der Waals surface area contributed by atoms with Crippen LogP contribution < -0.4 is 11.1 Å². The Morgan fingerprint density at radius 1 is 1.64 bits per heavy atom. The smallest absolute Gasteiger partial charge is 0.317 e. The molecular formula is C10H21N3O. The fourth-order valence-corrected chi connectivity index (χ4v) is 1.58. The molecule has 1 heterocycles. The van der Waals surface area contributed by atoms with E-state index in [2.05, 4.69) is 26.1 Å². The van der Waals surface area contributed by atoms with Crippen LogP contribution in [0.2, 0.25) is 0 Å². The molecule has 1 aliphatic heterocycles. The van der Waals surface area contributed by atoms with E-state index in [1.165, 1.54) is 0 Å². The number of amides is 2. The number of nitrogens with two attached hydrogens (primary N) is 1. The van der Waals surface area contributed by atoms with Gasteiger partial charge in [-0.25, -0.2) is 4.79 Å². The van der Waals surface area contributed by atoms with Crippen LogP contribution in [-0.2, 0) is 0 Å². The summed E-state index contributed by atoms with van der Waals surface area (Å²) in [5.74, 6) is 0. The lowest BCUT2D eigenvalue weighted by molar-refractivity contribution is 0.215. The highest BCUT2D eigenvalue weighted by atomic mass is 16.2. The maximum atomic E-state index is 11.5. The first kappa shape index (κ1) is 11.3. The number of nitrogens with one attached hydrogen (secondary N) is 1. The Morgan fingerprint density at radius 2 is 2.21 bits per heavy atom. The van der Waals surface area contributed by atoms with Crippen LogP contribution in [0.4, 0.5) is 4.79 Å². The summed E-state index contributed by atoms with van der Waals surface area (Å²) in [5, 5.41) is 2.98. The minimum Gasteiger partial charge on any atom is -0.333 e. The number of rotatable bonds is 2. The van der Waals surface area contributed by atoms with E-state index in [0.717, 1.165) is 6.54 Å². The molecule has 4 heteroatoms. The fourth-order valence-electron chi connectivity index (χ4n) is 1.58. The van der Waals surface area contributed by atoms with Crippen molar-refractivity contribution in [2.45, 2.75) is 39.8 Å². The van der Waals surface area contributed by atoms with Gasteiger partial charge in [0.15, 0.2) is 0 Å². The third-order valence-corrected chi connectivity index (χ3v) is 2.54. The Labute approximate surface area is 85.8 Å². The molecule has 2 amide bonds. The monoisotopic (exact) mass is 199 g/mol. The van der Waals surface area contributed by atoms with Crippen LogP contribution in [0.1, 0.15) is 27.7 Å². The van der Waals surface area contributed by atoms with Crippen molar-refractivity contribution in [3.63, 3.8) is 0 Å². The summed E-state index contributed by atoms with van der Waals surface area (Å²) in [6.07, 6.45) is 0. The summed E-state index contributed by atoms with van der Waals surface area (Å²) in [4.78, 5) is 13.3. The van der Waals surface area contributed by atoms with E-state index in [1.807, 2.05) is 6.92 Å². The van der Waals surface area contributed by atoms with Gasteiger partial charge in [0.05, 0.1) is 6.04 Å². The van der Waals surface area contributed by atoms with Gasteiger partial charge < -0.3 is 16.0 Å². The van der Waals surface area contributed by atoms with Crippen molar-refractivity contribution < 1.29 is 4.79 Å². The summed E-state index contributed by atoms with van der Waals surface area (Å²) >= 11 is 0. The molecule has 0 aromatic heterocycles. The highest BCUT2D eigenvalue weighted by Crippen LogP contribution is 2.23. The van der Waals surface area contributed by atoms with E-state index in [-0.39, 0.29) is 23.5 Å². The number of nitrogens with zero attached hydrogens (tertiary/aromatic N) is 1. The highest BCUT2D eigenvalue weighted by molar-refractivity contribution is 5.77. The van der Waals surface area contributed by atoms with Crippen LogP contribution >= 0.6 is 0 Å². The van der Waals surface area contributed by atoms with Crippen LogP contribution in [0.15, 0.2) is 0 Å². The molecule has 1 aliphatic rings. The summed E-state index contributed by atoms with van der Waals surface area (Å²) < 4.78 is 0. The van der Waals surface area contributed by atoms with Gasteiger partial charge in [-0.1, -0.05) is 20.8 Å². The lowest BCUT2D eigenvalue weighted by atomic mass is 9.87. The predicted octanol–water partition coefficient (Wildman–Crippen LogP) is 0.773. The zero-order valence-electron chi connectivity index (χ0n) is 9.50. The van der Waals surface area contributed by atoms with Crippen LogP contribution in [0.25, 0.3) is 0 Å². The molecule has 1 rings (SSSR count). The van der Waals surface area contributed by atoms with Gasteiger partial charge in [0.25, 0.3) is 0 Å². The van der Waals surface area contributed by atoms with Crippen molar-refractivity contribution in [2.75, 3.05) is 13.1 Å². The van der Waals surface area contributed by atoms with Gasteiger partial charge in [-0.15, -0.1) is 0 Å². The van der Waals surface area contributed by atoms with Crippen molar-refractivity contribution in [1.29, 1.82) is 0 Å². The molecule has 2 unspecified atom stereocenters. The van der Waals surface area contributed by atoms with Gasteiger partial charge in [-0.3, -0.25) is 0 Å². The molecule has 0 aliphatic carbocycles. The maximum Gasteiger partial charge on any atom is 0.317 e. The molecule has 1 saturated heterocycles. The second-order valence-electron chi connectivity index (χ2n) is 5.25. The summed E-state index contributed by atoms with van der Waals surface area (Å²) in [6.45, 7) is 9.72. The van der Waals surface area contributed by atoms with Gasteiger partial charge in [-0.05, 0) is 12.3 Å². The Balaban J connectivity index is 2.56. The van der Waals surface area contributed by atoms with Gasteiger partial charge >= 0.3 is 6.03 Å². The largest absolute Gasteiger partial charge is 0.333 e. The maximum absolute atomic E-state index is 11.5. The zero-order chi connectivity index (χ0) is 10.9. The molecule has 0 aromatic rings. The minimum atomic E-state index is 0.0159. The van der Waals surface area contributed by atoms with Crippen molar-refractivity contribution in [1.82, 2.24) is 10.2 Å². The summed E-state index contributed by atoms with van der Waals surface area (Å²) in [7, 11) is 0. The van der Waals surface area contributed by atoms with Crippen molar-refractivity contribution in [3.8, 4) is 0 Å². The molecule has 3 N–H and O–H groups in total. The van der Waals surface area contributed by atoms with Gasteiger partial charge in [-0.2, -0.15) is 0 Å². The second-order valence-corrected chi connectivity index (χ2v) is 5.25. The lowest BCUT2D eigenvalue weighted by Gasteiger charge is -2.26. The van der Waals surface area contributed by atoms with E-state index in [9.17, 15) is 4.79 Å². The Morgan fingerprint density at radius 3 is 2.57 bits per heavy atom. The third-order valence-electron chi connectivity index (χ3n) is 2.54. The SMILES string of the molecule is CC(N)CN1CC(C(C)(C)C)NC1=O. The molecule has 0 aromatic carbocycles. The molecule has 82 valence electrons. The Kier molecular flexibility index (Phi) is 3.04. The predicted molar refractivity (Wildman–Crippen MR) is 57.0 cm³/mol. The molecule has 0 bridgehead atoms. The number of carbonyl (C=O) groups is 1. The van der Waals surface area contributed by atoms with E-state index >= 15 is 0 Å². The normalized spacial score (nSPS) is 25.1. The van der Waals surface area contributed by atoms with E-state index in [0.29, 0.717) is 6.54 Å². The first-order chi connectivity index (χ1) is 6.30. The van der Waals surface area contributed by atoms with Crippen LogP contribution in [0, 0.1) is 5.41 Å². The first-order valence-corrected chi connectivity index (χ1v) is 5.11. The highest BCUT2D eigenvalue weighted by Gasteiger charge is 2.36. The second kappa shape index (κ2) is 3.77. The molecule has 2 atom stereocenters. The number of urea groups is 1. The van der Waals surface area contributed by atoms with Crippen molar-refractivity contribution >= 4 is 6.03 Å². The van der Waals surface area contributed by atoms with Gasteiger partial charge in [0, 0.05) is 19.1 Å². The number of carbonyl (C=O) groups excluding carboxylic acids is 1. The van der Waals surface area contributed by atoms with Crippen LogP contribution in [0.5, 0.6) is 0 Å². The topological polar surface area (TPSA) is 58.4 Å². The van der Waals surface area contributed by atoms with E-state index in [1.54, 1.807) is 4.90 Å². The Hall–Kier alpha value is -0.770. The van der Waals surface area contributed by atoms with Crippen molar-refractivity contribution in [2.24, 2.45) is 11.1 Å². The van der Waals surface area contributed by atoms with E-state index < -0.39 is 0 Å². The zero-order valence-corrected chi connectivity index (χ0v) is 9.50. The molecular weight excluding hydrogens is 178 g/mol. The molecule has 1 fully saturated rings. The quantitative estimate of drug-likeness (QED) is 0.690. The molecule has 4 nitrogen and oxygen atoms in total. The van der Waals surface area contributed by atoms with Gasteiger partial charge in [0.1, 0.15) is 0 Å². The standard InChI is InChI=1S/C10H21N3O/c1-7(11)5-13-6-8(10(2,3)4)12-9(13)14/h7-8H,5-6,11H2,1-4H3,(H,12,14). The minimum absolute atomic E-state index is 0.0159. The molecule has 0 radical (unpaired) electrons. The van der Waals surface area contributed by atoms with E-state index in [4.69, 9.17) is 5.73 Å². The first-order valence-electron chi connectivity index (χ1n) is 5.11. The fraction of sp³-hybridized carbons (Fsp3) is 0.900. The summed E-state index contributed by atoms with van der Waals surface area (Å²) in [5.41, 5.74) is 5.78. The van der Waals surface area contributed by atoms with Gasteiger partial charge in [0.2, 0.25) is 0 Å². The Bertz CT molecular complexity index is 220. The molecule has 0 spiro atoms. The van der Waals surface area contributed by atoms with Crippen LogP contribution in [0.3, 0.4) is 0 Å². The molecule has 0 saturated carbocycles. The van der Waals surface area contributed by atoms with Crippen LogP contribution in [-0.4, -0.2) is 36.1 Å². The average molecular weight is 199 g/mol. The molecule has 14 heavy (non-hydrogen) atoms. The van der Waals surface area contributed by atoms with Crippen molar-refractivity contribution in [3.05, 3.63) is 0 Å². The third kappa shape index (κ3) is 2.61. The average Bonchev–Trinajstić information content (AvgIpc) is 2.30. The lowest BCUT2D eigenvalue weighted by Crippen LogP contribution is -2.38. The summed E-state index contributed by atoms with van der Waals surface area (Å²) in [6, 6.07) is 0.287. The number of hydrogen-bond acceptors (Lipinski definition) is 2. The number of hydrogen-bond donors (Lipinski definition) is 2.